The summed E-state index contributed by atoms with van der Waals surface area (Å²) in [6.45, 7) is 1.05. The topological polar surface area (TPSA) is 77.9 Å². The molecular formula is C16H18BrClN2O4. The van der Waals surface area contributed by atoms with Crippen LogP contribution in [0.15, 0.2) is 28.7 Å². The third-order valence-corrected chi connectivity index (χ3v) is 4.94. The van der Waals surface area contributed by atoms with Gasteiger partial charge in [-0.15, -0.1) is 12.4 Å². The fourth-order valence-electron chi connectivity index (χ4n) is 3.19. The van der Waals surface area contributed by atoms with Crippen molar-refractivity contribution in [2.24, 2.45) is 11.8 Å². The molecular weight excluding hydrogens is 400 g/mol. The molecule has 0 saturated carbocycles. The Morgan fingerprint density at radius 1 is 1.21 bits per heavy atom. The summed E-state index contributed by atoms with van der Waals surface area (Å²) in [5.41, 5.74) is 0.768. The van der Waals surface area contributed by atoms with Crippen molar-refractivity contribution in [2.45, 2.75) is 12.8 Å². The smallest absolute Gasteiger partial charge is 0.308 e. The van der Waals surface area contributed by atoms with E-state index < -0.39 is 17.8 Å². The van der Waals surface area contributed by atoms with E-state index in [4.69, 9.17) is 5.11 Å². The second kappa shape index (κ2) is 7.53. The molecule has 130 valence electrons. The summed E-state index contributed by atoms with van der Waals surface area (Å²) >= 11 is 3.38. The summed E-state index contributed by atoms with van der Waals surface area (Å²) in [5, 5.41) is 9.03. The predicted molar refractivity (Wildman–Crippen MR) is 94.2 cm³/mol. The first-order chi connectivity index (χ1) is 11.0. The van der Waals surface area contributed by atoms with E-state index in [0.717, 1.165) is 10.2 Å². The number of amides is 2. The van der Waals surface area contributed by atoms with E-state index in [1.54, 1.807) is 9.80 Å². The number of carbonyl (C=O) groups is 3. The van der Waals surface area contributed by atoms with Gasteiger partial charge in [-0.25, -0.2) is 0 Å². The lowest BCUT2D eigenvalue weighted by Crippen LogP contribution is -2.36. The number of carbonyl (C=O) groups excluding carboxylic acids is 2. The highest BCUT2D eigenvalue weighted by atomic mass is 79.9. The van der Waals surface area contributed by atoms with Gasteiger partial charge in [0.15, 0.2) is 0 Å². The molecule has 2 atom stereocenters. The van der Waals surface area contributed by atoms with Gasteiger partial charge in [0.25, 0.3) is 0 Å². The zero-order valence-electron chi connectivity index (χ0n) is 12.9. The molecule has 2 saturated heterocycles. The third kappa shape index (κ3) is 3.72. The number of nitrogens with zero attached hydrogens (tertiary/aromatic N) is 2. The molecule has 1 aromatic carbocycles. The Labute approximate surface area is 154 Å². The maximum Gasteiger partial charge on any atom is 0.308 e. The molecule has 2 fully saturated rings. The number of aliphatic carboxylic acids is 1. The van der Waals surface area contributed by atoms with Gasteiger partial charge in [-0.05, 0) is 24.6 Å². The van der Waals surface area contributed by atoms with Gasteiger partial charge in [-0.2, -0.15) is 0 Å². The van der Waals surface area contributed by atoms with Crippen molar-refractivity contribution in [2.75, 3.05) is 24.5 Å². The Hall–Kier alpha value is -1.60. The number of halogens is 2. The third-order valence-electron chi connectivity index (χ3n) is 4.44. The van der Waals surface area contributed by atoms with E-state index in [-0.39, 0.29) is 37.2 Å². The molecule has 0 aromatic heterocycles. The first-order valence-electron chi connectivity index (χ1n) is 7.53. The monoisotopic (exact) mass is 416 g/mol. The largest absolute Gasteiger partial charge is 0.481 e. The van der Waals surface area contributed by atoms with Crippen LogP contribution in [0, 0.1) is 11.8 Å². The molecule has 3 rings (SSSR count). The Bertz CT molecular complexity index is 669. The van der Waals surface area contributed by atoms with Crippen LogP contribution in [0.25, 0.3) is 0 Å². The second-order valence-corrected chi connectivity index (χ2v) is 6.91. The van der Waals surface area contributed by atoms with Crippen LogP contribution in [0.5, 0.6) is 0 Å². The van der Waals surface area contributed by atoms with E-state index >= 15 is 0 Å². The first-order valence-corrected chi connectivity index (χ1v) is 8.32. The van der Waals surface area contributed by atoms with Gasteiger partial charge in [0, 0.05) is 36.2 Å². The number of likely N-dealkylation sites (tertiary alicyclic amines) is 1. The second-order valence-electron chi connectivity index (χ2n) is 5.99. The number of hydrogen-bond donors (Lipinski definition) is 1. The summed E-state index contributed by atoms with van der Waals surface area (Å²) in [6, 6.07) is 7.41. The number of carboxylic acids is 1. The number of benzene rings is 1. The average molecular weight is 418 g/mol. The zero-order valence-corrected chi connectivity index (χ0v) is 15.3. The van der Waals surface area contributed by atoms with Crippen molar-refractivity contribution in [3.8, 4) is 0 Å². The van der Waals surface area contributed by atoms with Crippen LogP contribution in [0.3, 0.4) is 0 Å². The van der Waals surface area contributed by atoms with Crippen LogP contribution in [0.1, 0.15) is 12.8 Å². The number of rotatable bonds is 3. The van der Waals surface area contributed by atoms with Gasteiger partial charge in [0.05, 0.1) is 11.8 Å². The lowest BCUT2D eigenvalue weighted by atomic mass is 10.1. The fourth-order valence-corrected chi connectivity index (χ4v) is 3.57. The van der Waals surface area contributed by atoms with Crippen LogP contribution < -0.4 is 4.90 Å². The zero-order chi connectivity index (χ0) is 16.6. The van der Waals surface area contributed by atoms with Crippen molar-refractivity contribution < 1.29 is 19.5 Å². The number of hydrogen-bond acceptors (Lipinski definition) is 3. The minimum atomic E-state index is -0.862. The first kappa shape index (κ1) is 18.7. The molecule has 2 unspecified atom stereocenters. The van der Waals surface area contributed by atoms with Gasteiger partial charge in [-0.3, -0.25) is 14.4 Å². The minimum absolute atomic E-state index is 0. The summed E-state index contributed by atoms with van der Waals surface area (Å²) in [6.07, 6.45) is 0.663. The van der Waals surface area contributed by atoms with Crippen LogP contribution in [-0.4, -0.2) is 47.4 Å². The standard InChI is InChI=1S/C16H17BrN2O4.ClH/c17-12-2-1-3-13(7-12)19-9-11(6-14(19)20)15(21)18-5-4-10(8-18)16(22)23;/h1-3,7,10-11H,4-6,8-9H2,(H,22,23);1H. The molecule has 0 radical (unpaired) electrons. The summed E-state index contributed by atoms with van der Waals surface area (Å²) < 4.78 is 0.876. The lowest BCUT2D eigenvalue weighted by Gasteiger charge is -2.21. The van der Waals surface area contributed by atoms with Gasteiger partial charge >= 0.3 is 5.97 Å². The molecule has 8 heteroatoms. The molecule has 2 amide bonds. The van der Waals surface area contributed by atoms with Crippen LogP contribution in [0.2, 0.25) is 0 Å². The molecule has 2 aliphatic heterocycles. The molecule has 6 nitrogen and oxygen atoms in total. The van der Waals surface area contributed by atoms with E-state index in [1.807, 2.05) is 24.3 Å². The van der Waals surface area contributed by atoms with Crippen molar-refractivity contribution in [3.05, 3.63) is 28.7 Å². The van der Waals surface area contributed by atoms with Gasteiger partial charge in [0.2, 0.25) is 11.8 Å². The summed E-state index contributed by atoms with van der Waals surface area (Å²) in [4.78, 5) is 39.0. The van der Waals surface area contributed by atoms with Crippen molar-refractivity contribution in [3.63, 3.8) is 0 Å². The molecule has 1 N–H and O–H groups in total. The maximum atomic E-state index is 12.5. The predicted octanol–water partition coefficient (Wildman–Crippen LogP) is 2.16. The molecule has 1 aromatic rings. The highest BCUT2D eigenvalue weighted by Gasteiger charge is 2.40. The van der Waals surface area contributed by atoms with Crippen molar-refractivity contribution in [1.29, 1.82) is 0 Å². The fraction of sp³-hybridized carbons (Fsp3) is 0.438. The normalized spacial score (nSPS) is 23.3. The molecule has 2 aliphatic rings. The maximum absolute atomic E-state index is 12.5. The minimum Gasteiger partial charge on any atom is -0.481 e. The van der Waals surface area contributed by atoms with E-state index in [2.05, 4.69) is 15.9 Å². The van der Waals surface area contributed by atoms with Gasteiger partial charge in [0.1, 0.15) is 0 Å². The van der Waals surface area contributed by atoms with Crippen LogP contribution in [-0.2, 0) is 14.4 Å². The highest BCUT2D eigenvalue weighted by molar-refractivity contribution is 9.10. The quantitative estimate of drug-likeness (QED) is 0.817. The van der Waals surface area contributed by atoms with E-state index in [0.29, 0.717) is 19.5 Å². The lowest BCUT2D eigenvalue weighted by molar-refractivity contribution is -0.141. The Kier molecular flexibility index (Phi) is 5.87. The van der Waals surface area contributed by atoms with Crippen molar-refractivity contribution >= 4 is 51.8 Å². The average Bonchev–Trinajstić information content (AvgIpc) is 3.13. The molecule has 2 heterocycles. The Morgan fingerprint density at radius 3 is 2.58 bits per heavy atom. The SMILES string of the molecule is Cl.O=C(O)C1CCN(C(=O)C2CC(=O)N(c3cccc(Br)c3)C2)C1. The molecule has 0 aliphatic carbocycles. The molecule has 0 bridgehead atoms. The Balaban J connectivity index is 0.00000208. The Morgan fingerprint density at radius 2 is 1.96 bits per heavy atom. The van der Waals surface area contributed by atoms with Crippen molar-refractivity contribution in [1.82, 2.24) is 4.90 Å². The van der Waals surface area contributed by atoms with Gasteiger partial charge in [-0.1, -0.05) is 22.0 Å². The highest BCUT2D eigenvalue weighted by Crippen LogP contribution is 2.29. The number of anilines is 1. The van der Waals surface area contributed by atoms with Gasteiger partial charge < -0.3 is 14.9 Å². The van der Waals surface area contributed by atoms with E-state index in [1.165, 1.54) is 0 Å². The van der Waals surface area contributed by atoms with Crippen LogP contribution in [0.4, 0.5) is 5.69 Å². The summed E-state index contributed by atoms with van der Waals surface area (Å²) in [7, 11) is 0. The molecule has 0 spiro atoms. The number of carboxylic acid groups (broad SMARTS) is 1. The molecule has 24 heavy (non-hydrogen) atoms. The van der Waals surface area contributed by atoms with E-state index in [9.17, 15) is 14.4 Å². The summed E-state index contributed by atoms with van der Waals surface area (Å²) in [5.74, 6) is -1.93. The van der Waals surface area contributed by atoms with Crippen LogP contribution >= 0.6 is 28.3 Å².